The summed E-state index contributed by atoms with van der Waals surface area (Å²) < 4.78 is 45.1. The summed E-state index contributed by atoms with van der Waals surface area (Å²) in [5.41, 5.74) is 1.76. The van der Waals surface area contributed by atoms with Gasteiger partial charge in [-0.25, -0.2) is 12.8 Å². The van der Waals surface area contributed by atoms with E-state index in [2.05, 4.69) is 0 Å². The largest absolute Gasteiger partial charge is 0.489 e. The van der Waals surface area contributed by atoms with Crippen molar-refractivity contribution >= 4 is 21.2 Å². The maximum Gasteiger partial charge on any atom is 0.223 e. The molecule has 0 N–H and O–H groups in total. The van der Waals surface area contributed by atoms with E-state index in [0.717, 1.165) is 11.6 Å². The van der Waals surface area contributed by atoms with Gasteiger partial charge >= 0.3 is 0 Å². The summed E-state index contributed by atoms with van der Waals surface area (Å²) in [6, 6.07) is 22.3. The summed E-state index contributed by atoms with van der Waals surface area (Å²) in [4.78, 5) is 0.474. The second-order valence-electron chi connectivity index (χ2n) is 6.33. The lowest BCUT2D eigenvalue weighted by Gasteiger charge is -2.27. The fraction of sp³-hybridized carbons (Fsp3) is 0.0455. The van der Waals surface area contributed by atoms with E-state index in [1.165, 1.54) is 23.2 Å². The highest BCUT2D eigenvalue weighted by Crippen LogP contribution is 2.40. The third kappa shape index (κ3) is 3.46. The van der Waals surface area contributed by atoms with Gasteiger partial charge in [-0.05, 0) is 42.0 Å². The van der Waals surface area contributed by atoms with Crippen LogP contribution in [0.2, 0.25) is 0 Å². The number of benzene rings is 3. The Morgan fingerprint density at radius 3 is 2.38 bits per heavy atom. The van der Waals surface area contributed by atoms with Crippen molar-refractivity contribution in [2.45, 2.75) is 11.5 Å². The van der Waals surface area contributed by atoms with Gasteiger partial charge in [-0.3, -0.25) is 0 Å². The average Bonchev–Trinajstić information content (AvgIpc) is 2.73. The highest BCUT2D eigenvalue weighted by Gasteiger charge is 2.34. The van der Waals surface area contributed by atoms with Crippen molar-refractivity contribution in [3.05, 3.63) is 95.3 Å². The lowest BCUT2D eigenvalue weighted by Crippen LogP contribution is -2.22. The molecule has 0 bridgehead atoms. The highest BCUT2D eigenvalue weighted by molar-refractivity contribution is 7.95. The highest BCUT2D eigenvalue weighted by atomic mass is 32.2. The van der Waals surface area contributed by atoms with Crippen molar-refractivity contribution in [1.29, 1.82) is 5.26 Å². The molecule has 1 aliphatic heterocycles. The number of nitriles is 1. The Labute approximate surface area is 167 Å². The van der Waals surface area contributed by atoms with E-state index in [0.29, 0.717) is 18.0 Å². The summed E-state index contributed by atoms with van der Waals surface area (Å²) in [6.07, 6.45) is 1.21. The maximum atomic E-state index is 14.3. The van der Waals surface area contributed by atoms with E-state index in [9.17, 15) is 18.1 Å². The molecule has 144 valence electrons. The molecule has 3 aromatic rings. The van der Waals surface area contributed by atoms with Crippen LogP contribution in [0, 0.1) is 17.1 Å². The number of anilines is 2. The van der Waals surface area contributed by atoms with Gasteiger partial charge in [0.15, 0.2) is 4.91 Å². The molecule has 0 radical (unpaired) electrons. The van der Waals surface area contributed by atoms with Gasteiger partial charge in [0.1, 0.15) is 29.1 Å². The number of sulfone groups is 1. The Balaban J connectivity index is 1.66. The summed E-state index contributed by atoms with van der Waals surface area (Å²) in [5, 5.41) is 9.26. The molecule has 4 rings (SSSR count). The van der Waals surface area contributed by atoms with Gasteiger partial charge in [-0.2, -0.15) is 5.26 Å². The van der Waals surface area contributed by atoms with Crippen LogP contribution >= 0.6 is 0 Å². The molecule has 29 heavy (non-hydrogen) atoms. The third-order valence-corrected chi connectivity index (χ3v) is 6.20. The van der Waals surface area contributed by atoms with E-state index in [-0.39, 0.29) is 5.69 Å². The number of fused-ring (bicyclic) bond motifs is 1. The van der Waals surface area contributed by atoms with E-state index in [1.54, 1.807) is 30.3 Å². The fourth-order valence-corrected chi connectivity index (χ4v) is 4.42. The zero-order chi connectivity index (χ0) is 20.4. The zero-order valence-corrected chi connectivity index (χ0v) is 15.9. The minimum Gasteiger partial charge on any atom is -0.489 e. The molecule has 1 aliphatic rings. The number of hydrogen-bond donors (Lipinski definition) is 0. The first kappa shape index (κ1) is 18.7. The molecule has 0 atom stereocenters. The lowest BCUT2D eigenvalue weighted by atomic mass is 10.2. The van der Waals surface area contributed by atoms with Crippen LogP contribution in [0.5, 0.6) is 5.75 Å². The Morgan fingerprint density at radius 2 is 1.69 bits per heavy atom. The quantitative estimate of drug-likeness (QED) is 0.628. The molecule has 0 fully saturated rings. The van der Waals surface area contributed by atoms with Crippen molar-refractivity contribution in [2.24, 2.45) is 0 Å². The molecular weight excluding hydrogens is 391 g/mol. The van der Waals surface area contributed by atoms with Gasteiger partial charge in [-0.1, -0.05) is 36.4 Å². The average molecular weight is 406 g/mol. The monoisotopic (exact) mass is 406 g/mol. The van der Waals surface area contributed by atoms with Crippen molar-refractivity contribution in [2.75, 3.05) is 4.90 Å². The van der Waals surface area contributed by atoms with Crippen LogP contribution < -0.4 is 9.64 Å². The van der Waals surface area contributed by atoms with Crippen LogP contribution in [-0.4, -0.2) is 8.42 Å². The number of halogens is 1. The normalized spacial score (nSPS) is 14.5. The minimum atomic E-state index is -4.19. The van der Waals surface area contributed by atoms with Crippen LogP contribution in [0.25, 0.3) is 0 Å². The lowest BCUT2D eigenvalue weighted by molar-refractivity contribution is 0.306. The molecule has 0 saturated carbocycles. The molecular formula is C22H15FN2O3S. The summed E-state index contributed by atoms with van der Waals surface area (Å²) in [7, 11) is -4.19. The van der Waals surface area contributed by atoms with Gasteiger partial charge in [0.2, 0.25) is 9.84 Å². The molecule has 0 aromatic heterocycles. The second kappa shape index (κ2) is 7.41. The van der Waals surface area contributed by atoms with Crippen molar-refractivity contribution in [3.8, 4) is 11.8 Å². The zero-order valence-electron chi connectivity index (χ0n) is 15.1. The molecule has 7 heteroatoms. The number of hydrogen-bond acceptors (Lipinski definition) is 5. The van der Waals surface area contributed by atoms with Crippen LogP contribution in [0.15, 0.2) is 88.8 Å². The van der Waals surface area contributed by atoms with Crippen LogP contribution in [0.1, 0.15) is 5.56 Å². The molecule has 3 aromatic carbocycles. The van der Waals surface area contributed by atoms with Gasteiger partial charge in [-0.15, -0.1) is 0 Å². The SMILES string of the molecule is N#CC1=CN(c2ccc(OCc3ccccc3)cc2)c2cccc(F)c2S1(=O)=O. The minimum absolute atomic E-state index is 0.155. The van der Waals surface area contributed by atoms with Crippen molar-refractivity contribution in [1.82, 2.24) is 0 Å². The Kier molecular flexibility index (Phi) is 4.79. The van der Waals surface area contributed by atoms with Crippen molar-refractivity contribution in [3.63, 3.8) is 0 Å². The van der Waals surface area contributed by atoms with E-state index in [1.807, 2.05) is 30.3 Å². The van der Waals surface area contributed by atoms with Gasteiger partial charge in [0.05, 0.1) is 5.69 Å². The second-order valence-corrected chi connectivity index (χ2v) is 8.19. The molecule has 0 amide bonds. The maximum absolute atomic E-state index is 14.3. The van der Waals surface area contributed by atoms with Gasteiger partial charge in [0.25, 0.3) is 0 Å². The van der Waals surface area contributed by atoms with E-state index >= 15 is 0 Å². The number of allylic oxidation sites excluding steroid dienone is 1. The first-order chi connectivity index (χ1) is 14.0. The molecule has 0 aliphatic carbocycles. The first-order valence-corrected chi connectivity index (χ1v) is 10.2. The Morgan fingerprint density at radius 1 is 0.966 bits per heavy atom. The predicted octanol–water partition coefficient (Wildman–Crippen LogP) is 4.70. The summed E-state index contributed by atoms with van der Waals surface area (Å²) >= 11 is 0. The summed E-state index contributed by atoms with van der Waals surface area (Å²) in [5.74, 6) is -0.262. The first-order valence-electron chi connectivity index (χ1n) is 8.72. The number of nitrogens with zero attached hydrogens (tertiary/aromatic N) is 2. The van der Waals surface area contributed by atoms with Gasteiger partial charge in [0, 0.05) is 11.9 Å². The Bertz CT molecular complexity index is 1230. The molecule has 5 nitrogen and oxygen atoms in total. The Hall–Kier alpha value is -3.63. The molecule has 1 heterocycles. The smallest absolute Gasteiger partial charge is 0.223 e. The molecule has 0 spiro atoms. The van der Waals surface area contributed by atoms with E-state index < -0.39 is 25.5 Å². The predicted molar refractivity (Wildman–Crippen MR) is 107 cm³/mol. The standard InChI is InChI=1S/C22H15FN2O3S/c23-20-7-4-8-21-22(20)29(26,27)19(13-24)14-25(21)17-9-11-18(12-10-17)28-15-16-5-2-1-3-6-16/h1-12,14H,15H2. The fourth-order valence-electron chi connectivity index (χ4n) is 3.07. The van der Waals surface area contributed by atoms with Crippen LogP contribution in [0.3, 0.4) is 0 Å². The van der Waals surface area contributed by atoms with Crippen LogP contribution in [-0.2, 0) is 16.4 Å². The third-order valence-electron chi connectivity index (χ3n) is 4.48. The van der Waals surface area contributed by atoms with Gasteiger partial charge < -0.3 is 9.64 Å². The van der Waals surface area contributed by atoms with Crippen molar-refractivity contribution < 1.29 is 17.5 Å². The van der Waals surface area contributed by atoms with E-state index in [4.69, 9.17) is 4.74 Å². The topological polar surface area (TPSA) is 70.4 Å². The number of rotatable bonds is 4. The molecule has 0 saturated heterocycles. The van der Waals surface area contributed by atoms with Crippen LogP contribution in [0.4, 0.5) is 15.8 Å². The molecule has 0 unspecified atom stereocenters. The number of ether oxygens (including phenoxy) is 1. The summed E-state index contributed by atoms with van der Waals surface area (Å²) in [6.45, 7) is 0.411.